The number of amides is 1. The van der Waals surface area contributed by atoms with E-state index in [-0.39, 0.29) is 17.6 Å². The average Bonchev–Trinajstić information content (AvgIpc) is 2.74. The van der Waals surface area contributed by atoms with Crippen LogP contribution < -0.4 is 10.6 Å². The van der Waals surface area contributed by atoms with Crippen LogP contribution in [-0.4, -0.2) is 28.5 Å². The fourth-order valence-electron chi connectivity index (χ4n) is 2.68. The van der Waals surface area contributed by atoms with Gasteiger partial charge in [-0.05, 0) is 49.2 Å². The van der Waals surface area contributed by atoms with Gasteiger partial charge in [-0.25, -0.2) is 14.8 Å². The van der Waals surface area contributed by atoms with E-state index < -0.39 is 0 Å². The van der Waals surface area contributed by atoms with Gasteiger partial charge in [-0.2, -0.15) is 0 Å². The molecule has 1 heterocycles. The minimum Gasteiger partial charge on any atom is -0.462 e. The maximum Gasteiger partial charge on any atom is 0.338 e. The second-order valence-electron chi connectivity index (χ2n) is 6.32. The zero-order chi connectivity index (χ0) is 20.6. The third-order valence-electron chi connectivity index (χ3n) is 4.27. The van der Waals surface area contributed by atoms with Gasteiger partial charge in [0.15, 0.2) is 0 Å². The molecule has 0 bridgehead atoms. The van der Waals surface area contributed by atoms with Crippen molar-refractivity contribution in [2.24, 2.45) is 0 Å². The Kier molecular flexibility index (Phi) is 6.52. The van der Waals surface area contributed by atoms with Crippen molar-refractivity contribution in [3.8, 4) is 0 Å². The van der Waals surface area contributed by atoms with Crippen molar-refractivity contribution in [3.63, 3.8) is 0 Å². The van der Waals surface area contributed by atoms with Crippen LogP contribution in [-0.2, 0) is 11.3 Å². The smallest absolute Gasteiger partial charge is 0.338 e. The summed E-state index contributed by atoms with van der Waals surface area (Å²) in [6.45, 7) is 4.52. The van der Waals surface area contributed by atoms with Crippen LogP contribution in [0, 0.1) is 6.92 Å². The van der Waals surface area contributed by atoms with E-state index in [0.29, 0.717) is 24.5 Å². The second-order valence-corrected chi connectivity index (χ2v) is 6.32. The van der Waals surface area contributed by atoms with Crippen molar-refractivity contribution in [2.75, 3.05) is 11.9 Å². The Bertz CT molecular complexity index is 1000. The topological polar surface area (TPSA) is 93.2 Å². The van der Waals surface area contributed by atoms with Crippen LogP contribution in [0.3, 0.4) is 0 Å². The van der Waals surface area contributed by atoms with E-state index in [0.717, 1.165) is 16.8 Å². The number of nitrogens with zero attached hydrogens (tertiary/aromatic N) is 2. The number of nitrogens with one attached hydrogen (secondary N) is 2. The lowest BCUT2D eigenvalue weighted by Gasteiger charge is -2.09. The molecule has 0 aliphatic rings. The van der Waals surface area contributed by atoms with E-state index in [4.69, 9.17) is 4.74 Å². The number of esters is 1. The van der Waals surface area contributed by atoms with Crippen molar-refractivity contribution >= 4 is 23.4 Å². The molecule has 0 aliphatic heterocycles. The first-order chi connectivity index (χ1) is 14.1. The number of carbonyl (C=O) groups excluding carboxylic acids is 2. The normalized spacial score (nSPS) is 10.3. The van der Waals surface area contributed by atoms with Crippen LogP contribution in [0.2, 0.25) is 0 Å². The number of ether oxygens (including phenoxy) is 1. The van der Waals surface area contributed by atoms with Crippen LogP contribution in [0.4, 0.5) is 11.5 Å². The van der Waals surface area contributed by atoms with Gasteiger partial charge in [0.1, 0.15) is 17.8 Å². The third-order valence-corrected chi connectivity index (χ3v) is 4.27. The summed E-state index contributed by atoms with van der Waals surface area (Å²) in [7, 11) is 0. The molecule has 2 aromatic carbocycles. The summed E-state index contributed by atoms with van der Waals surface area (Å²) in [5, 5.41) is 5.97. The number of hydrogen-bond donors (Lipinski definition) is 2. The summed E-state index contributed by atoms with van der Waals surface area (Å²) < 4.78 is 4.97. The van der Waals surface area contributed by atoms with Gasteiger partial charge in [0.25, 0.3) is 5.91 Å². The van der Waals surface area contributed by atoms with Gasteiger partial charge in [-0.1, -0.05) is 24.3 Å². The number of aromatic nitrogens is 2. The fraction of sp³-hybridized carbons (Fsp3) is 0.182. The summed E-state index contributed by atoms with van der Waals surface area (Å²) in [6, 6.07) is 16.3. The molecule has 0 saturated carbocycles. The Hall–Kier alpha value is -3.74. The van der Waals surface area contributed by atoms with Crippen molar-refractivity contribution < 1.29 is 14.3 Å². The first-order valence-corrected chi connectivity index (χ1v) is 9.25. The van der Waals surface area contributed by atoms with E-state index in [9.17, 15) is 9.59 Å². The lowest BCUT2D eigenvalue weighted by molar-refractivity contribution is 0.0526. The van der Waals surface area contributed by atoms with E-state index in [2.05, 4.69) is 20.6 Å². The van der Waals surface area contributed by atoms with Gasteiger partial charge in [0.05, 0.1) is 12.2 Å². The summed E-state index contributed by atoms with van der Waals surface area (Å²) in [6.07, 6.45) is 1.33. The first-order valence-electron chi connectivity index (χ1n) is 9.25. The van der Waals surface area contributed by atoms with Gasteiger partial charge in [-0.3, -0.25) is 4.79 Å². The van der Waals surface area contributed by atoms with Crippen molar-refractivity contribution in [3.05, 3.63) is 83.3 Å². The highest BCUT2D eigenvalue weighted by atomic mass is 16.5. The molecule has 3 rings (SSSR count). The molecular weight excluding hydrogens is 368 g/mol. The molecule has 0 fully saturated rings. The van der Waals surface area contributed by atoms with Gasteiger partial charge in [0.2, 0.25) is 0 Å². The molecule has 1 aromatic heterocycles. The standard InChI is InChI=1S/C22H22N4O3/c1-3-29-22(28)16-8-10-18(11-9-16)26-20-12-19(24-14-25-20)21(27)23-13-17-7-5-4-6-15(17)2/h4-12,14H,3,13H2,1-2H3,(H,23,27)(H,24,25,26). The zero-order valence-corrected chi connectivity index (χ0v) is 16.3. The molecule has 148 valence electrons. The van der Waals surface area contributed by atoms with Crippen LogP contribution in [0.1, 0.15) is 38.9 Å². The van der Waals surface area contributed by atoms with Crippen molar-refractivity contribution in [1.82, 2.24) is 15.3 Å². The molecule has 0 spiro atoms. The number of rotatable bonds is 7. The number of aryl methyl sites for hydroxylation is 1. The highest BCUT2D eigenvalue weighted by molar-refractivity contribution is 5.93. The number of carbonyl (C=O) groups is 2. The molecule has 7 heteroatoms. The summed E-state index contributed by atoms with van der Waals surface area (Å²) in [5.74, 6) is -0.171. The number of hydrogen-bond acceptors (Lipinski definition) is 6. The molecule has 0 radical (unpaired) electrons. The lowest BCUT2D eigenvalue weighted by Crippen LogP contribution is -2.24. The maximum atomic E-state index is 12.4. The predicted molar refractivity (Wildman–Crippen MR) is 110 cm³/mol. The molecular formula is C22H22N4O3. The highest BCUT2D eigenvalue weighted by Crippen LogP contribution is 2.16. The summed E-state index contributed by atoms with van der Waals surface area (Å²) in [4.78, 5) is 32.3. The molecule has 3 aromatic rings. The minimum atomic E-state index is -0.367. The summed E-state index contributed by atoms with van der Waals surface area (Å²) in [5.41, 5.74) is 3.62. The molecule has 7 nitrogen and oxygen atoms in total. The van der Waals surface area contributed by atoms with Gasteiger partial charge < -0.3 is 15.4 Å². The molecule has 1 amide bonds. The van der Waals surface area contributed by atoms with Crippen molar-refractivity contribution in [1.29, 1.82) is 0 Å². The van der Waals surface area contributed by atoms with Gasteiger partial charge >= 0.3 is 5.97 Å². The largest absolute Gasteiger partial charge is 0.462 e. The fourth-order valence-corrected chi connectivity index (χ4v) is 2.68. The van der Waals surface area contributed by atoms with Crippen LogP contribution >= 0.6 is 0 Å². The Morgan fingerprint density at radius 3 is 2.52 bits per heavy atom. The molecule has 2 N–H and O–H groups in total. The third kappa shape index (κ3) is 5.38. The molecule has 0 aliphatic carbocycles. The Balaban J connectivity index is 1.64. The average molecular weight is 390 g/mol. The molecule has 0 unspecified atom stereocenters. The van der Waals surface area contributed by atoms with E-state index in [1.54, 1.807) is 37.3 Å². The van der Waals surface area contributed by atoms with Gasteiger partial charge in [-0.15, -0.1) is 0 Å². The van der Waals surface area contributed by atoms with E-state index in [1.165, 1.54) is 6.33 Å². The second kappa shape index (κ2) is 9.45. The van der Waals surface area contributed by atoms with Crippen LogP contribution in [0.5, 0.6) is 0 Å². The Morgan fingerprint density at radius 2 is 1.79 bits per heavy atom. The predicted octanol–water partition coefficient (Wildman–Crippen LogP) is 3.64. The zero-order valence-electron chi connectivity index (χ0n) is 16.3. The number of benzene rings is 2. The van der Waals surface area contributed by atoms with E-state index in [1.807, 2.05) is 31.2 Å². The Labute approximate surface area is 169 Å². The van der Waals surface area contributed by atoms with Crippen LogP contribution in [0.15, 0.2) is 60.9 Å². The SMILES string of the molecule is CCOC(=O)c1ccc(Nc2cc(C(=O)NCc3ccccc3C)ncn2)cc1. The Morgan fingerprint density at radius 1 is 1.03 bits per heavy atom. The maximum absolute atomic E-state index is 12.4. The molecule has 29 heavy (non-hydrogen) atoms. The minimum absolute atomic E-state index is 0.263. The van der Waals surface area contributed by atoms with Crippen molar-refractivity contribution in [2.45, 2.75) is 20.4 Å². The first kappa shape index (κ1) is 20.0. The molecule has 0 atom stereocenters. The quantitative estimate of drug-likeness (QED) is 0.599. The van der Waals surface area contributed by atoms with Crippen LogP contribution in [0.25, 0.3) is 0 Å². The monoisotopic (exact) mass is 390 g/mol. The molecule has 0 saturated heterocycles. The van der Waals surface area contributed by atoms with E-state index >= 15 is 0 Å². The lowest BCUT2D eigenvalue weighted by atomic mass is 10.1. The number of anilines is 2. The van der Waals surface area contributed by atoms with Gasteiger partial charge in [0, 0.05) is 18.3 Å². The summed E-state index contributed by atoms with van der Waals surface area (Å²) >= 11 is 0. The highest BCUT2D eigenvalue weighted by Gasteiger charge is 2.10.